The Kier molecular flexibility index (Phi) is 4.55. The van der Waals surface area contributed by atoms with Crippen LogP contribution in [0.25, 0.3) is 11.3 Å². The van der Waals surface area contributed by atoms with E-state index in [2.05, 4.69) is 15.1 Å². The predicted molar refractivity (Wildman–Crippen MR) is 83.7 cm³/mol. The van der Waals surface area contributed by atoms with Gasteiger partial charge in [-0.15, -0.1) is 0 Å². The van der Waals surface area contributed by atoms with Gasteiger partial charge in [0.05, 0.1) is 18.0 Å². The second-order valence-corrected chi connectivity index (χ2v) is 6.21. The van der Waals surface area contributed by atoms with Crippen molar-refractivity contribution in [1.29, 1.82) is 0 Å². The number of halogens is 1. The fraction of sp³-hybridized carbons (Fsp3) is 0.471. The van der Waals surface area contributed by atoms with E-state index < -0.39 is 0 Å². The summed E-state index contributed by atoms with van der Waals surface area (Å²) in [5.74, 6) is 0.0932. The number of aromatic amines is 1. The van der Waals surface area contributed by atoms with Crippen molar-refractivity contribution in [2.75, 3.05) is 13.6 Å². The van der Waals surface area contributed by atoms with E-state index in [1.807, 2.05) is 13.1 Å². The van der Waals surface area contributed by atoms with Crippen LogP contribution in [0.3, 0.4) is 0 Å². The minimum Gasteiger partial charge on any atom is -0.393 e. The Balaban J connectivity index is 1.71. The van der Waals surface area contributed by atoms with Gasteiger partial charge in [0, 0.05) is 24.2 Å². The van der Waals surface area contributed by atoms with E-state index in [4.69, 9.17) is 0 Å². The normalized spacial score (nSPS) is 21.6. The highest BCUT2D eigenvalue weighted by Crippen LogP contribution is 2.28. The first-order chi connectivity index (χ1) is 10.6. The number of nitrogens with one attached hydrogen (secondary N) is 1. The highest BCUT2D eigenvalue weighted by atomic mass is 19.1. The van der Waals surface area contributed by atoms with E-state index in [1.54, 1.807) is 18.3 Å². The van der Waals surface area contributed by atoms with Gasteiger partial charge in [0.25, 0.3) is 0 Å². The number of hydrogen-bond acceptors (Lipinski definition) is 3. The molecule has 0 amide bonds. The van der Waals surface area contributed by atoms with Gasteiger partial charge >= 0.3 is 0 Å². The summed E-state index contributed by atoms with van der Waals surface area (Å²) in [4.78, 5) is 2.18. The molecule has 1 aliphatic carbocycles. The van der Waals surface area contributed by atoms with Crippen LogP contribution in [0.4, 0.5) is 4.39 Å². The molecule has 118 valence electrons. The fourth-order valence-corrected chi connectivity index (χ4v) is 3.31. The lowest BCUT2D eigenvalue weighted by atomic mass is 10.0. The smallest absolute Gasteiger partial charge is 0.132 e. The van der Waals surface area contributed by atoms with E-state index in [-0.39, 0.29) is 11.9 Å². The van der Waals surface area contributed by atoms with Gasteiger partial charge < -0.3 is 10.0 Å². The maximum Gasteiger partial charge on any atom is 0.132 e. The van der Waals surface area contributed by atoms with Crippen molar-refractivity contribution in [3.05, 3.63) is 41.8 Å². The van der Waals surface area contributed by atoms with Crippen molar-refractivity contribution in [2.24, 2.45) is 5.92 Å². The number of aromatic nitrogens is 2. The third-order valence-corrected chi connectivity index (χ3v) is 4.47. The second kappa shape index (κ2) is 6.58. The van der Waals surface area contributed by atoms with Gasteiger partial charge in [-0.25, -0.2) is 4.39 Å². The van der Waals surface area contributed by atoms with E-state index in [9.17, 15) is 9.50 Å². The van der Waals surface area contributed by atoms with Gasteiger partial charge in [0.2, 0.25) is 0 Å². The average Bonchev–Trinajstić information content (AvgIpc) is 3.10. The van der Waals surface area contributed by atoms with Crippen LogP contribution in [0.2, 0.25) is 0 Å². The number of benzene rings is 1. The monoisotopic (exact) mass is 303 g/mol. The second-order valence-electron chi connectivity index (χ2n) is 6.21. The Labute approximate surface area is 130 Å². The summed E-state index contributed by atoms with van der Waals surface area (Å²) in [5.41, 5.74) is 2.25. The maximum atomic E-state index is 14.0. The summed E-state index contributed by atoms with van der Waals surface area (Å²) < 4.78 is 14.0. The molecule has 2 aromatic rings. The maximum absolute atomic E-state index is 14.0. The fourth-order valence-electron chi connectivity index (χ4n) is 3.31. The molecular weight excluding hydrogens is 281 g/mol. The van der Waals surface area contributed by atoms with Crippen LogP contribution in [0, 0.1) is 11.7 Å². The molecule has 2 N–H and O–H groups in total. The minimum atomic E-state index is -0.248. The molecule has 1 saturated carbocycles. The largest absolute Gasteiger partial charge is 0.393 e. The van der Waals surface area contributed by atoms with Gasteiger partial charge in [-0.2, -0.15) is 5.10 Å². The number of aliphatic hydroxyl groups is 1. The lowest BCUT2D eigenvalue weighted by Gasteiger charge is -2.23. The van der Waals surface area contributed by atoms with Crippen molar-refractivity contribution in [3.63, 3.8) is 0 Å². The van der Waals surface area contributed by atoms with Crippen molar-refractivity contribution in [2.45, 2.75) is 31.9 Å². The topological polar surface area (TPSA) is 52.2 Å². The number of aliphatic hydroxyl groups excluding tert-OH is 1. The van der Waals surface area contributed by atoms with Crippen LogP contribution in [-0.4, -0.2) is 39.9 Å². The van der Waals surface area contributed by atoms with Crippen LogP contribution < -0.4 is 0 Å². The molecule has 0 bridgehead atoms. The lowest BCUT2D eigenvalue weighted by Crippen LogP contribution is -2.29. The molecule has 0 saturated heterocycles. The first-order valence-electron chi connectivity index (χ1n) is 7.79. The molecule has 1 heterocycles. The summed E-state index contributed by atoms with van der Waals surface area (Å²) in [6.07, 6.45) is 4.66. The number of nitrogens with zero attached hydrogens (tertiary/aromatic N) is 2. The Morgan fingerprint density at radius 1 is 1.36 bits per heavy atom. The molecule has 0 spiro atoms. The van der Waals surface area contributed by atoms with Crippen LogP contribution in [0.1, 0.15) is 24.8 Å². The molecule has 3 rings (SSSR count). The predicted octanol–water partition coefficient (Wildman–Crippen LogP) is 2.81. The zero-order valence-electron chi connectivity index (χ0n) is 12.8. The van der Waals surface area contributed by atoms with Crippen LogP contribution >= 0.6 is 0 Å². The van der Waals surface area contributed by atoms with Gasteiger partial charge in [-0.1, -0.05) is 18.6 Å². The van der Waals surface area contributed by atoms with Crippen molar-refractivity contribution in [3.8, 4) is 11.3 Å². The van der Waals surface area contributed by atoms with Gasteiger partial charge in [-0.3, -0.25) is 5.10 Å². The molecular formula is C17H22FN3O. The number of H-pyrrole nitrogens is 1. The van der Waals surface area contributed by atoms with Crippen LogP contribution in [-0.2, 0) is 6.54 Å². The molecule has 2 unspecified atom stereocenters. The molecule has 4 nitrogen and oxygen atoms in total. The average molecular weight is 303 g/mol. The summed E-state index contributed by atoms with van der Waals surface area (Å²) in [7, 11) is 2.03. The van der Waals surface area contributed by atoms with Gasteiger partial charge in [0.1, 0.15) is 5.82 Å². The summed E-state index contributed by atoms with van der Waals surface area (Å²) in [6.45, 7) is 1.53. The Morgan fingerprint density at radius 2 is 2.18 bits per heavy atom. The third kappa shape index (κ3) is 3.20. The highest BCUT2D eigenvalue weighted by Gasteiger charge is 2.26. The molecule has 2 atom stereocenters. The van der Waals surface area contributed by atoms with E-state index >= 15 is 0 Å². The van der Waals surface area contributed by atoms with Crippen molar-refractivity contribution < 1.29 is 9.50 Å². The van der Waals surface area contributed by atoms with Crippen LogP contribution in [0.5, 0.6) is 0 Å². The lowest BCUT2D eigenvalue weighted by molar-refractivity contribution is 0.108. The van der Waals surface area contributed by atoms with E-state index in [0.29, 0.717) is 18.0 Å². The summed E-state index contributed by atoms with van der Waals surface area (Å²) in [6, 6.07) is 6.72. The molecule has 0 radical (unpaired) electrons. The Hall–Kier alpha value is -1.72. The third-order valence-electron chi connectivity index (χ3n) is 4.47. The summed E-state index contributed by atoms with van der Waals surface area (Å²) >= 11 is 0. The summed E-state index contributed by atoms with van der Waals surface area (Å²) in [5, 5.41) is 16.9. The van der Waals surface area contributed by atoms with Gasteiger partial charge in [-0.05, 0) is 37.9 Å². The number of rotatable bonds is 5. The minimum absolute atomic E-state index is 0.183. The molecule has 1 aliphatic rings. The van der Waals surface area contributed by atoms with Crippen molar-refractivity contribution >= 4 is 0 Å². The zero-order chi connectivity index (χ0) is 15.5. The molecule has 1 aromatic heterocycles. The molecule has 1 fully saturated rings. The standard InChI is InChI=1S/C17H22FN3O/c1-21(10-12-5-4-8-16(12)22)11-13-9-19-20-17(13)14-6-2-3-7-15(14)18/h2-3,6-7,9,12,16,22H,4-5,8,10-11H2,1H3,(H,19,20). The van der Waals surface area contributed by atoms with E-state index in [0.717, 1.165) is 37.1 Å². The van der Waals surface area contributed by atoms with Crippen molar-refractivity contribution in [1.82, 2.24) is 15.1 Å². The molecule has 5 heteroatoms. The quantitative estimate of drug-likeness (QED) is 0.893. The Morgan fingerprint density at radius 3 is 2.91 bits per heavy atom. The molecule has 0 aliphatic heterocycles. The molecule has 22 heavy (non-hydrogen) atoms. The first-order valence-corrected chi connectivity index (χ1v) is 7.79. The number of hydrogen-bond donors (Lipinski definition) is 2. The van der Waals surface area contributed by atoms with Gasteiger partial charge in [0.15, 0.2) is 0 Å². The van der Waals surface area contributed by atoms with E-state index in [1.165, 1.54) is 6.07 Å². The first kappa shape index (κ1) is 15.2. The Bertz CT molecular complexity index is 628. The van der Waals surface area contributed by atoms with Crippen LogP contribution in [0.15, 0.2) is 30.5 Å². The zero-order valence-corrected chi connectivity index (χ0v) is 12.8. The molecule has 1 aromatic carbocycles. The SMILES string of the molecule is CN(Cc1cn[nH]c1-c1ccccc1F)CC1CCCC1O. The highest BCUT2D eigenvalue weighted by molar-refractivity contribution is 5.63.